The summed E-state index contributed by atoms with van der Waals surface area (Å²) in [7, 11) is 0. The average molecular weight is 437 g/mol. The van der Waals surface area contributed by atoms with E-state index in [4.69, 9.17) is 23.2 Å². The Morgan fingerprint density at radius 3 is 2.52 bits per heavy atom. The molecule has 0 radical (unpaired) electrons. The Balaban J connectivity index is 2.08. The normalized spacial score (nSPS) is 15.6. The third kappa shape index (κ3) is 3.17. The second kappa shape index (κ2) is 6.34. The molecule has 1 aliphatic rings. The van der Waals surface area contributed by atoms with Crippen LogP contribution in [0, 0.1) is 9.39 Å². The fourth-order valence-corrected chi connectivity index (χ4v) is 3.71. The molecule has 1 heterocycles. The minimum atomic E-state index is -0.451. The number of hydrogen-bond acceptors (Lipinski definition) is 2. The van der Waals surface area contributed by atoms with Crippen molar-refractivity contribution in [3.05, 3.63) is 43.5 Å². The lowest BCUT2D eigenvalue weighted by Gasteiger charge is -2.13. The predicted octanol–water partition coefficient (Wildman–Crippen LogP) is 5.85. The van der Waals surface area contributed by atoms with Crippen molar-refractivity contribution in [1.82, 2.24) is 9.97 Å². The molecule has 0 spiro atoms. The minimum absolute atomic E-state index is 0.0631. The first-order chi connectivity index (χ1) is 10.1. The highest BCUT2D eigenvalue weighted by atomic mass is 127. The Kier molecular flexibility index (Phi) is 4.66. The first-order valence-corrected chi connectivity index (χ1v) is 8.58. The van der Waals surface area contributed by atoms with Gasteiger partial charge < -0.3 is 0 Å². The molecule has 2 nitrogen and oxygen atoms in total. The number of rotatable bonds is 2. The van der Waals surface area contributed by atoms with Gasteiger partial charge in [0.25, 0.3) is 0 Å². The molecule has 2 aromatic rings. The summed E-state index contributed by atoms with van der Waals surface area (Å²) < 4.78 is 14.2. The summed E-state index contributed by atoms with van der Waals surface area (Å²) in [5.41, 5.74) is 1.68. The average Bonchev–Trinajstić information content (AvgIpc) is 2.98. The lowest BCUT2D eigenvalue weighted by Crippen LogP contribution is -2.04. The van der Waals surface area contributed by atoms with Gasteiger partial charge in [0.2, 0.25) is 0 Å². The van der Waals surface area contributed by atoms with Crippen molar-refractivity contribution < 1.29 is 4.39 Å². The molecule has 0 unspecified atom stereocenters. The van der Waals surface area contributed by atoms with Crippen molar-refractivity contribution in [2.24, 2.45) is 0 Å². The molecule has 6 heteroatoms. The van der Waals surface area contributed by atoms with E-state index in [1.165, 1.54) is 25.0 Å². The van der Waals surface area contributed by atoms with Gasteiger partial charge in [0.05, 0.1) is 14.3 Å². The summed E-state index contributed by atoms with van der Waals surface area (Å²) in [5, 5.41) is 0.510. The fourth-order valence-electron chi connectivity index (χ4n) is 2.67. The van der Waals surface area contributed by atoms with Crippen LogP contribution in [0.5, 0.6) is 0 Å². The molecule has 1 aromatic carbocycles. The zero-order chi connectivity index (χ0) is 15.0. The van der Waals surface area contributed by atoms with E-state index in [1.807, 2.05) is 0 Å². The van der Waals surface area contributed by atoms with E-state index < -0.39 is 5.82 Å². The second-order valence-corrected chi connectivity index (χ2v) is 6.99. The first-order valence-electron chi connectivity index (χ1n) is 6.74. The van der Waals surface area contributed by atoms with Crippen LogP contribution in [0.25, 0.3) is 11.4 Å². The van der Waals surface area contributed by atoms with Gasteiger partial charge in [-0.25, -0.2) is 14.4 Å². The van der Waals surface area contributed by atoms with E-state index in [9.17, 15) is 4.39 Å². The molecule has 0 atom stereocenters. The molecule has 21 heavy (non-hydrogen) atoms. The van der Waals surface area contributed by atoms with Gasteiger partial charge in [-0.1, -0.05) is 36.0 Å². The number of benzene rings is 1. The Hall–Kier alpha value is -0.460. The minimum Gasteiger partial charge on any atom is -0.232 e. The summed E-state index contributed by atoms with van der Waals surface area (Å²) in [4.78, 5) is 8.98. The topological polar surface area (TPSA) is 25.8 Å². The SMILES string of the molecule is Fc1ccc(-c2nc(Cl)c(I)c(C3CCCC3)n2)cc1Cl. The maximum absolute atomic E-state index is 13.3. The van der Waals surface area contributed by atoms with Crippen LogP contribution < -0.4 is 0 Å². The zero-order valence-electron chi connectivity index (χ0n) is 11.0. The molecular weight excluding hydrogens is 425 g/mol. The van der Waals surface area contributed by atoms with Crippen molar-refractivity contribution in [2.45, 2.75) is 31.6 Å². The molecule has 0 amide bonds. The Morgan fingerprint density at radius 1 is 1.14 bits per heavy atom. The molecule has 1 fully saturated rings. The van der Waals surface area contributed by atoms with Crippen LogP contribution in [0.4, 0.5) is 4.39 Å². The van der Waals surface area contributed by atoms with Gasteiger partial charge in [0, 0.05) is 11.5 Å². The largest absolute Gasteiger partial charge is 0.232 e. The molecule has 0 N–H and O–H groups in total. The van der Waals surface area contributed by atoms with Crippen molar-refractivity contribution in [2.75, 3.05) is 0 Å². The number of hydrogen-bond donors (Lipinski definition) is 0. The summed E-state index contributed by atoms with van der Waals surface area (Å²) in [5.74, 6) is 0.490. The predicted molar refractivity (Wildman–Crippen MR) is 91.4 cm³/mol. The third-order valence-electron chi connectivity index (χ3n) is 3.76. The van der Waals surface area contributed by atoms with Gasteiger partial charge in [-0.2, -0.15) is 0 Å². The third-order valence-corrected chi connectivity index (χ3v) is 5.70. The van der Waals surface area contributed by atoms with Crippen LogP contribution in [-0.2, 0) is 0 Å². The second-order valence-electron chi connectivity index (χ2n) is 5.15. The fraction of sp³-hybridized carbons (Fsp3) is 0.333. The summed E-state index contributed by atoms with van der Waals surface area (Å²) in [6, 6.07) is 4.48. The summed E-state index contributed by atoms with van der Waals surface area (Å²) >= 11 is 14.3. The standard InChI is InChI=1S/C15H12Cl2FIN2/c16-10-7-9(5-6-11(10)18)15-20-13(8-3-1-2-4-8)12(19)14(17)21-15/h5-8H,1-4H2. The van der Waals surface area contributed by atoms with Gasteiger partial charge in [0.1, 0.15) is 11.0 Å². The van der Waals surface area contributed by atoms with Gasteiger partial charge >= 0.3 is 0 Å². The van der Waals surface area contributed by atoms with Crippen LogP contribution in [-0.4, -0.2) is 9.97 Å². The molecule has 1 aliphatic carbocycles. The molecular formula is C15H12Cl2FIN2. The quantitative estimate of drug-likeness (QED) is 0.435. The zero-order valence-corrected chi connectivity index (χ0v) is 14.7. The van der Waals surface area contributed by atoms with Gasteiger partial charge in [-0.05, 0) is 53.6 Å². The van der Waals surface area contributed by atoms with Crippen molar-refractivity contribution in [3.8, 4) is 11.4 Å². The Morgan fingerprint density at radius 2 is 1.86 bits per heavy atom. The molecule has 1 aromatic heterocycles. The van der Waals surface area contributed by atoms with Crippen LogP contribution in [0.2, 0.25) is 10.2 Å². The smallest absolute Gasteiger partial charge is 0.161 e. The van der Waals surface area contributed by atoms with Crippen molar-refractivity contribution in [3.63, 3.8) is 0 Å². The number of nitrogens with zero attached hydrogens (tertiary/aromatic N) is 2. The molecule has 0 aliphatic heterocycles. The van der Waals surface area contributed by atoms with Crippen LogP contribution in [0.3, 0.4) is 0 Å². The van der Waals surface area contributed by atoms with Crippen molar-refractivity contribution in [1.29, 1.82) is 0 Å². The van der Waals surface area contributed by atoms with Crippen LogP contribution >= 0.6 is 45.8 Å². The lowest BCUT2D eigenvalue weighted by molar-refractivity contribution is 0.628. The summed E-state index contributed by atoms with van der Waals surface area (Å²) in [6.07, 6.45) is 4.71. The first kappa shape index (κ1) is 15.4. The van der Waals surface area contributed by atoms with E-state index >= 15 is 0 Å². The van der Waals surface area contributed by atoms with Crippen molar-refractivity contribution >= 4 is 45.8 Å². The van der Waals surface area contributed by atoms with E-state index in [1.54, 1.807) is 6.07 Å². The number of halogens is 4. The van der Waals surface area contributed by atoms with Gasteiger partial charge in [-0.15, -0.1) is 0 Å². The highest BCUT2D eigenvalue weighted by Gasteiger charge is 2.23. The maximum Gasteiger partial charge on any atom is 0.161 e. The van der Waals surface area contributed by atoms with E-state index in [2.05, 4.69) is 32.6 Å². The van der Waals surface area contributed by atoms with Gasteiger partial charge in [0.15, 0.2) is 5.82 Å². The maximum atomic E-state index is 13.3. The van der Waals surface area contributed by atoms with Crippen LogP contribution in [0.15, 0.2) is 18.2 Å². The molecule has 0 bridgehead atoms. The molecule has 110 valence electrons. The Bertz CT molecular complexity index is 688. The van der Waals surface area contributed by atoms with E-state index in [0.29, 0.717) is 22.5 Å². The summed E-state index contributed by atoms with van der Waals surface area (Å²) in [6.45, 7) is 0. The lowest BCUT2D eigenvalue weighted by atomic mass is 10.0. The number of aromatic nitrogens is 2. The molecule has 3 rings (SSSR count). The Labute approximate surface area is 146 Å². The van der Waals surface area contributed by atoms with E-state index in [-0.39, 0.29) is 5.02 Å². The molecule has 0 saturated heterocycles. The monoisotopic (exact) mass is 436 g/mol. The highest BCUT2D eigenvalue weighted by molar-refractivity contribution is 14.1. The van der Waals surface area contributed by atoms with Gasteiger partial charge in [-0.3, -0.25) is 0 Å². The van der Waals surface area contributed by atoms with Crippen LogP contribution in [0.1, 0.15) is 37.3 Å². The molecule has 1 saturated carbocycles. The highest BCUT2D eigenvalue weighted by Crippen LogP contribution is 2.38. The van der Waals surface area contributed by atoms with E-state index in [0.717, 1.165) is 22.1 Å².